The summed E-state index contributed by atoms with van der Waals surface area (Å²) in [6.45, 7) is 6.28. The van der Waals surface area contributed by atoms with Gasteiger partial charge in [-0.1, -0.05) is 25.1 Å². The molecule has 0 aliphatic heterocycles. The molecule has 0 aliphatic carbocycles. The highest BCUT2D eigenvalue weighted by Crippen LogP contribution is 2.32. The summed E-state index contributed by atoms with van der Waals surface area (Å²) in [7, 11) is 0. The minimum absolute atomic E-state index is 0.0904. The van der Waals surface area contributed by atoms with Crippen molar-refractivity contribution in [3.63, 3.8) is 0 Å². The van der Waals surface area contributed by atoms with E-state index < -0.39 is 5.97 Å². The number of thiophene rings is 1. The van der Waals surface area contributed by atoms with Crippen LogP contribution in [0.25, 0.3) is 21.3 Å². The van der Waals surface area contributed by atoms with Crippen molar-refractivity contribution in [1.29, 1.82) is 0 Å². The summed E-state index contributed by atoms with van der Waals surface area (Å²) in [4.78, 5) is 29.6. The average molecular weight is 370 g/mol. The minimum atomic E-state index is -0.917. The summed E-state index contributed by atoms with van der Waals surface area (Å²) in [5, 5.41) is 11.6. The maximum atomic E-state index is 13.2. The Bertz CT molecular complexity index is 1030. The number of aliphatic carboxylic acids is 1. The van der Waals surface area contributed by atoms with Crippen LogP contribution in [0.3, 0.4) is 0 Å². The van der Waals surface area contributed by atoms with Crippen molar-refractivity contribution < 1.29 is 9.90 Å². The number of nitrogens with zero attached hydrogens (tertiary/aromatic N) is 2. The van der Waals surface area contributed by atoms with Crippen LogP contribution in [0.1, 0.15) is 36.7 Å². The Morgan fingerprint density at radius 2 is 2.04 bits per heavy atom. The number of carboxylic acids is 1. The van der Waals surface area contributed by atoms with E-state index in [1.165, 1.54) is 27.0 Å². The van der Waals surface area contributed by atoms with Crippen molar-refractivity contribution in [3.05, 3.63) is 50.9 Å². The number of rotatable bonds is 6. The quantitative estimate of drug-likeness (QED) is 0.707. The summed E-state index contributed by atoms with van der Waals surface area (Å²) in [6.07, 6.45) is 1.41. The van der Waals surface area contributed by atoms with E-state index in [9.17, 15) is 9.59 Å². The fourth-order valence-corrected chi connectivity index (χ4v) is 4.00. The Kier molecular flexibility index (Phi) is 5.23. The highest BCUT2D eigenvalue weighted by molar-refractivity contribution is 7.17. The monoisotopic (exact) mass is 370 g/mol. The van der Waals surface area contributed by atoms with E-state index in [2.05, 4.69) is 31.0 Å². The Morgan fingerprint density at radius 3 is 2.69 bits per heavy atom. The lowest BCUT2D eigenvalue weighted by Gasteiger charge is -2.11. The van der Waals surface area contributed by atoms with Gasteiger partial charge in [-0.3, -0.25) is 14.2 Å². The number of aromatic nitrogens is 2. The molecule has 0 spiro atoms. The fourth-order valence-electron chi connectivity index (χ4n) is 3.04. The second kappa shape index (κ2) is 7.41. The van der Waals surface area contributed by atoms with Gasteiger partial charge in [0.15, 0.2) is 0 Å². The third-order valence-electron chi connectivity index (χ3n) is 4.61. The number of carboxylic acid groups (broad SMARTS) is 1. The van der Waals surface area contributed by atoms with Gasteiger partial charge in [-0.2, -0.15) is 0 Å². The second-order valence-corrected chi connectivity index (χ2v) is 7.37. The maximum Gasteiger partial charge on any atom is 0.305 e. The molecule has 2 heterocycles. The molecule has 0 fully saturated rings. The summed E-state index contributed by atoms with van der Waals surface area (Å²) >= 11 is 1.47. The number of benzene rings is 1. The number of fused-ring (bicyclic) bond motifs is 1. The van der Waals surface area contributed by atoms with Crippen LogP contribution in [0, 0.1) is 13.8 Å². The van der Waals surface area contributed by atoms with E-state index in [0.29, 0.717) is 17.6 Å². The van der Waals surface area contributed by atoms with E-state index in [0.717, 1.165) is 22.4 Å². The topological polar surface area (TPSA) is 72.2 Å². The second-order valence-electron chi connectivity index (χ2n) is 6.51. The van der Waals surface area contributed by atoms with Gasteiger partial charge < -0.3 is 5.11 Å². The van der Waals surface area contributed by atoms with Crippen LogP contribution in [-0.4, -0.2) is 20.6 Å². The molecule has 1 aromatic carbocycles. The maximum absolute atomic E-state index is 13.2. The van der Waals surface area contributed by atoms with Crippen molar-refractivity contribution >= 4 is 27.5 Å². The molecule has 0 saturated carbocycles. The number of hydrogen-bond acceptors (Lipinski definition) is 4. The van der Waals surface area contributed by atoms with Gasteiger partial charge in [-0.15, -0.1) is 11.3 Å². The van der Waals surface area contributed by atoms with Crippen LogP contribution >= 0.6 is 11.3 Å². The zero-order valence-electron chi connectivity index (χ0n) is 15.2. The predicted octanol–water partition coefficient (Wildman–Crippen LogP) is 4.17. The van der Waals surface area contributed by atoms with Crippen LogP contribution in [0.5, 0.6) is 0 Å². The largest absolute Gasteiger partial charge is 0.481 e. The van der Waals surface area contributed by atoms with Crippen molar-refractivity contribution in [1.82, 2.24) is 9.55 Å². The van der Waals surface area contributed by atoms with Crippen molar-refractivity contribution in [2.75, 3.05) is 0 Å². The fraction of sp³-hybridized carbons (Fsp3) is 0.350. The van der Waals surface area contributed by atoms with Gasteiger partial charge in [0.2, 0.25) is 0 Å². The van der Waals surface area contributed by atoms with Crippen LogP contribution < -0.4 is 5.56 Å². The molecule has 0 bridgehead atoms. The van der Waals surface area contributed by atoms with Crippen LogP contribution in [0.4, 0.5) is 0 Å². The Balaban J connectivity index is 2.21. The van der Waals surface area contributed by atoms with Crippen LogP contribution in [0.2, 0.25) is 0 Å². The lowest BCUT2D eigenvalue weighted by molar-refractivity contribution is -0.137. The molecule has 0 unspecified atom stereocenters. The summed E-state index contributed by atoms with van der Waals surface area (Å²) < 4.78 is 1.54. The van der Waals surface area contributed by atoms with Crippen LogP contribution in [0.15, 0.2) is 28.4 Å². The van der Waals surface area contributed by atoms with E-state index in [4.69, 9.17) is 5.11 Å². The summed E-state index contributed by atoms with van der Waals surface area (Å²) in [5.41, 5.74) is 4.09. The lowest BCUT2D eigenvalue weighted by atomic mass is 10.0. The molecule has 26 heavy (non-hydrogen) atoms. The molecule has 0 amide bonds. The average Bonchev–Trinajstić information content (AvgIpc) is 3.01. The molecule has 0 aliphatic rings. The van der Waals surface area contributed by atoms with Crippen LogP contribution in [-0.2, 0) is 17.8 Å². The van der Waals surface area contributed by atoms with Crippen molar-refractivity contribution in [2.24, 2.45) is 0 Å². The highest BCUT2D eigenvalue weighted by atomic mass is 32.1. The van der Waals surface area contributed by atoms with Gasteiger partial charge in [-0.25, -0.2) is 4.98 Å². The molecule has 3 aromatic rings. The molecule has 0 atom stereocenters. The first kappa shape index (κ1) is 18.3. The van der Waals surface area contributed by atoms with E-state index in [1.54, 1.807) is 0 Å². The zero-order valence-corrected chi connectivity index (χ0v) is 16.0. The third kappa shape index (κ3) is 3.42. The smallest absolute Gasteiger partial charge is 0.305 e. The van der Waals surface area contributed by atoms with E-state index in [1.807, 2.05) is 18.4 Å². The molecule has 0 radical (unpaired) electrons. The number of aryl methyl sites for hydroxylation is 3. The molecule has 0 saturated heterocycles. The Hall–Kier alpha value is -2.47. The molecule has 6 heteroatoms. The number of hydrogen-bond donors (Lipinski definition) is 1. The van der Waals surface area contributed by atoms with Gasteiger partial charge >= 0.3 is 5.97 Å². The molecular formula is C20H22N2O3S. The predicted molar refractivity (Wildman–Crippen MR) is 105 cm³/mol. The minimum Gasteiger partial charge on any atom is -0.481 e. The molecule has 3 rings (SSSR count). The third-order valence-corrected chi connectivity index (χ3v) is 5.49. The summed E-state index contributed by atoms with van der Waals surface area (Å²) in [6, 6.07) is 6.15. The van der Waals surface area contributed by atoms with Crippen molar-refractivity contribution in [2.45, 2.75) is 46.6 Å². The van der Waals surface area contributed by atoms with Gasteiger partial charge in [0.25, 0.3) is 5.56 Å². The van der Waals surface area contributed by atoms with E-state index >= 15 is 0 Å². The first-order valence-corrected chi connectivity index (χ1v) is 9.60. The van der Waals surface area contributed by atoms with Gasteiger partial charge in [-0.05, 0) is 37.0 Å². The molecular weight excluding hydrogens is 348 g/mol. The van der Waals surface area contributed by atoms with Gasteiger partial charge in [0.05, 0.1) is 11.8 Å². The standard InChI is InChI=1S/C20H22N2O3S/c1-4-5-16-21-19-18(20(25)22(16)9-8-17(23)24)15(11-26-19)14-7-6-12(2)13(3)10-14/h6-7,10-11H,4-5,8-9H2,1-3H3,(H,23,24). The van der Waals surface area contributed by atoms with Crippen molar-refractivity contribution in [3.8, 4) is 11.1 Å². The lowest BCUT2D eigenvalue weighted by Crippen LogP contribution is -2.26. The Morgan fingerprint density at radius 1 is 1.27 bits per heavy atom. The molecule has 5 nitrogen and oxygen atoms in total. The summed E-state index contributed by atoms with van der Waals surface area (Å²) in [5.74, 6) is -0.251. The van der Waals surface area contributed by atoms with Gasteiger partial charge in [0, 0.05) is 23.9 Å². The first-order valence-electron chi connectivity index (χ1n) is 8.72. The molecule has 2 aromatic heterocycles. The number of carbonyl (C=O) groups is 1. The Labute approximate surface area is 155 Å². The highest BCUT2D eigenvalue weighted by Gasteiger charge is 2.17. The van der Waals surface area contributed by atoms with E-state index in [-0.39, 0.29) is 18.5 Å². The van der Waals surface area contributed by atoms with Gasteiger partial charge in [0.1, 0.15) is 10.7 Å². The normalized spacial score (nSPS) is 11.2. The SMILES string of the molecule is CCCc1nc2scc(-c3ccc(C)c(C)c3)c2c(=O)n1CCC(=O)O. The first-order chi connectivity index (χ1) is 12.4. The molecule has 1 N–H and O–H groups in total. The molecule has 136 valence electrons. The zero-order chi connectivity index (χ0) is 18.8.